The number of carbonyl (C=O) groups excluding carboxylic acids is 1. The van der Waals surface area contributed by atoms with Gasteiger partial charge in [-0.25, -0.2) is 4.39 Å². The lowest BCUT2D eigenvalue weighted by Crippen LogP contribution is -2.13. The van der Waals surface area contributed by atoms with Gasteiger partial charge in [0.15, 0.2) is 0 Å². The third-order valence-corrected chi connectivity index (χ3v) is 3.19. The molecule has 1 heterocycles. The molecule has 0 aliphatic carbocycles. The van der Waals surface area contributed by atoms with Crippen molar-refractivity contribution in [2.75, 3.05) is 17.7 Å². The van der Waals surface area contributed by atoms with Gasteiger partial charge in [-0.05, 0) is 42.0 Å². The molecule has 20 heavy (non-hydrogen) atoms. The van der Waals surface area contributed by atoms with Gasteiger partial charge in [0.1, 0.15) is 11.6 Å². The van der Waals surface area contributed by atoms with E-state index in [9.17, 15) is 9.18 Å². The summed E-state index contributed by atoms with van der Waals surface area (Å²) in [4.78, 5) is 12.1. The number of nitrogen functional groups attached to an aromatic ring is 1. The second-order valence-corrected chi connectivity index (χ2v) is 4.61. The molecule has 0 fully saturated rings. The fourth-order valence-electron chi connectivity index (χ4n) is 2.16. The van der Waals surface area contributed by atoms with Crippen LogP contribution in [0.3, 0.4) is 0 Å². The van der Waals surface area contributed by atoms with E-state index in [0.29, 0.717) is 17.9 Å². The third kappa shape index (κ3) is 2.30. The average Bonchev–Trinajstić information content (AvgIpc) is 2.90. The predicted molar refractivity (Wildman–Crippen MR) is 74.4 cm³/mol. The number of amides is 1. The first-order chi connectivity index (χ1) is 9.63. The van der Waals surface area contributed by atoms with Crippen LogP contribution in [0.25, 0.3) is 0 Å². The monoisotopic (exact) mass is 272 g/mol. The van der Waals surface area contributed by atoms with Crippen molar-refractivity contribution in [1.82, 2.24) is 0 Å². The average molecular weight is 272 g/mol. The van der Waals surface area contributed by atoms with Gasteiger partial charge in [0.05, 0.1) is 12.3 Å². The SMILES string of the molecule is Nc1ccc(F)c(NC(=O)c2ccc3c(c2)CCO3)c1. The van der Waals surface area contributed by atoms with Crippen LogP contribution in [-0.4, -0.2) is 12.5 Å². The fraction of sp³-hybridized carbons (Fsp3) is 0.133. The maximum atomic E-state index is 13.6. The van der Waals surface area contributed by atoms with E-state index < -0.39 is 5.82 Å². The summed E-state index contributed by atoms with van der Waals surface area (Å²) < 4.78 is 19.0. The van der Waals surface area contributed by atoms with Crippen LogP contribution in [0.4, 0.5) is 15.8 Å². The van der Waals surface area contributed by atoms with Crippen molar-refractivity contribution in [2.24, 2.45) is 0 Å². The van der Waals surface area contributed by atoms with Gasteiger partial charge in [-0.2, -0.15) is 0 Å². The topological polar surface area (TPSA) is 64.3 Å². The zero-order chi connectivity index (χ0) is 14.1. The van der Waals surface area contributed by atoms with Crippen LogP contribution in [0.1, 0.15) is 15.9 Å². The largest absolute Gasteiger partial charge is 0.493 e. The van der Waals surface area contributed by atoms with Crippen molar-refractivity contribution in [1.29, 1.82) is 0 Å². The standard InChI is InChI=1S/C15H13FN2O2/c16-12-3-2-11(17)8-13(12)18-15(19)10-1-4-14-9(7-10)5-6-20-14/h1-4,7-8H,5-6,17H2,(H,18,19). The van der Waals surface area contributed by atoms with E-state index in [-0.39, 0.29) is 11.6 Å². The first-order valence-corrected chi connectivity index (χ1v) is 6.25. The minimum atomic E-state index is -0.517. The van der Waals surface area contributed by atoms with Gasteiger partial charge in [-0.1, -0.05) is 0 Å². The molecule has 0 unspecified atom stereocenters. The number of nitrogens with one attached hydrogen (secondary N) is 1. The fourth-order valence-corrected chi connectivity index (χ4v) is 2.16. The van der Waals surface area contributed by atoms with Crippen LogP contribution < -0.4 is 15.8 Å². The van der Waals surface area contributed by atoms with Gasteiger partial charge in [0, 0.05) is 17.7 Å². The van der Waals surface area contributed by atoms with E-state index in [2.05, 4.69) is 5.32 Å². The number of ether oxygens (including phenoxy) is 1. The van der Waals surface area contributed by atoms with E-state index in [1.807, 2.05) is 0 Å². The molecule has 0 bridgehead atoms. The Morgan fingerprint density at radius 2 is 2.10 bits per heavy atom. The highest BCUT2D eigenvalue weighted by atomic mass is 19.1. The lowest BCUT2D eigenvalue weighted by Gasteiger charge is -2.08. The summed E-state index contributed by atoms with van der Waals surface area (Å²) in [6.45, 7) is 0.629. The van der Waals surface area contributed by atoms with Gasteiger partial charge in [-0.3, -0.25) is 4.79 Å². The number of hydrogen-bond donors (Lipinski definition) is 2. The van der Waals surface area contributed by atoms with Gasteiger partial charge in [0.2, 0.25) is 0 Å². The van der Waals surface area contributed by atoms with Crippen LogP contribution in [0.15, 0.2) is 36.4 Å². The summed E-state index contributed by atoms with van der Waals surface area (Å²) in [7, 11) is 0. The van der Waals surface area contributed by atoms with Gasteiger partial charge in [-0.15, -0.1) is 0 Å². The van der Waals surface area contributed by atoms with Crippen molar-refractivity contribution in [2.45, 2.75) is 6.42 Å². The molecule has 2 aromatic carbocycles. The van der Waals surface area contributed by atoms with E-state index in [1.54, 1.807) is 18.2 Å². The number of nitrogens with two attached hydrogens (primary N) is 1. The minimum Gasteiger partial charge on any atom is -0.493 e. The minimum absolute atomic E-state index is 0.0757. The molecule has 5 heteroatoms. The summed E-state index contributed by atoms with van der Waals surface area (Å²) in [5, 5.41) is 2.52. The maximum absolute atomic E-state index is 13.6. The molecule has 0 atom stereocenters. The molecule has 1 amide bonds. The number of halogens is 1. The highest BCUT2D eigenvalue weighted by Crippen LogP contribution is 2.26. The second kappa shape index (κ2) is 4.85. The Morgan fingerprint density at radius 1 is 1.25 bits per heavy atom. The van der Waals surface area contributed by atoms with E-state index in [4.69, 9.17) is 10.5 Å². The second-order valence-electron chi connectivity index (χ2n) is 4.61. The Kier molecular flexibility index (Phi) is 3.02. The highest BCUT2D eigenvalue weighted by Gasteiger charge is 2.16. The van der Waals surface area contributed by atoms with Crippen LogP contribution in [0.2, 0.25) is 0 Å². The number of anilines is 2. The molecule has 0 saturated carbocycles. The Labute approximate surface area is 115 Å². The van der Waals surface area contributed by atoms with Crippen LogP contribution >= 0.6 is 0 Å². The molecule has 0 aromatic heterocycles. The summed E-state index contributed by atoms with van der Waals surface area (Å²) >= 11 is 0. The summed E-state index contributed by atoms with van der Waals surface area (Å²) in [6.07, 6.45) is 0.781. The molecular weight excluding hydrogens is 259 g/mol. The van der Waals surface area contributed by atoms with Crippen molar-refractivity contribution in [3.63, 3.8) is 0 Å². The van der Waals surface area contributed by atoms with E-state index >= 15 is 0 Å². The zero-order valence-electron chi connectivity index (χ0n) is 10.7. The van der Waals surface area contributed by atoms with Gasteiger partial charge in [0.25, 0.3) is 5.91 Å². The lowest BCUT2D eigenvalue weighted by atomic mass is 10.1. The number of rotatable bonds is 2. The van der Waals surface area contributed by atoms with Crippen molar-refractivity contribution in [3.8, 4) is 5.75 Å². The quantitative estimate of drug-likeness (QED) is 0.826. The van der Waals surface area contributed by atoms with Gasteiger partial charge < -0.3 is 15.8 Å². The first kappa shape index (κ1) is 12.5. The molecule has 2 aromatic rings. The normalized spacial score (nSPS) is 12.7. The van der Waals surface area contributed by atoms with Crippen LogP contribution in [-0.2, 0) is 6.42 Å². The first-order valence-electron chi connectivity index (χ1n) is 6.25. The number of fused-ring (bicyclic) bond motifs is 1. The summed E-state index contributed by atoms with van der Waals surface area (Å²) in [6, 6.07) is 9.24. The Bertz CT molecular complexity index is 686. The smallest absolute Gasteiger partial charge is 0.255 e. The molecule has 3 N–H and O–H groups in total. The zero-order valence-corrected chi connectivity index (χ0v) is 10.7. The summed E-state index contributed by atoms with van der Waals surface area (Å²) in [5.74, 6) is -0.0853. The van der Waals surface area contributed by atoms with E-state index in [0.717, 1.165) is 17.7 Å². The van der Waals surface area contributed by atoms with Gasteiger partial charge >= 0.3 is 0 Å². The molecular formula is C15H13FN2O2. The number of carbonyl (C=O) groups is 1. The number of hydrogen-bond acceptors (Lipinski definition) is 3. The third-order valence-electron chi connectivity index (χ3n) is 3.19. The van der Waals surface area contributed by atoms with Crippen molar-refractivity contribution < 1.29 is 13.9 Å². The van der Waals surface area contributed by atoms with E-state index in [1.165, 1.54) is 18.2 Å². The molecule has 0 radical (unpaired) electrons. The molecule has 1 aliphatic heterocycles. The lowest BCUT2D eigenvalue weighted by molar-refractivity contribution is 0.102. The van der Waals surface area contributed by atoms with Crippen LogP contribution in [0.5, 0.6) is 5.75 Å². The maximum Gasteiger partial charge on any atom is 0.255 e. The molecule has 0 saturated heterocycles. The molecule has 1 aliphatic rings. The molecule has 3 rings (SSSR count). The predicted octanol–water partition coefficient (Wildman–Crippen LogP) is 2.60. The molecule has 4 nitrogen and oxygen atoms in total. The molecule has 0 spiro atoms. The molecule has 102 valence electrons. The highest BCUT2D eigenvalue weighted by molar-refractivity contribution is 6.04. The van der Waals surface area contributed by atoms with Crippen molar-refractivity contribution >= 4 is 17.3 Å². The summed E-state index contributed by atoms with van der Waals surface area (Å²) in [5.41, 5.74) is 7.51. The Hall–Kier alpha value is -2.56. The Morgan fingerprint density at radius 3 is 2.95 bits per heavy atom. The van der Waals surface area contributed by atoms with Crippen molar-refractivity contribution in [3.05, 3.63) is 53.3 Å². The van der Waals surface area contributed by atoms with Crippen LogP contribution in [0, 0.1) is 5.82 Å². The number of benzene rings is 2. The Balaban J connectivity index is 1.84.